The van der Waals surface area contributed by atoms with Gasteiger partial charge >= 0.3 is 0 Å². The number of carbonyl (C=O) groups is 1. The summed E-state index contributed by atoms with van der Waals surface area (Å²) < 4.78 is 0.867. The van der Waals surface area contributed by atoms with Crippen LogP contribution in [-0.2, 0) is 6.54 Å². The number of hydrogen-bond donors (Lipinski definition) is 1. The number of carbonyl (C=O) groups excluding carboxylic acids is 1. The van der Waals surface area contributed by atoms with Crippen molar-refractivity contribution in [2.45, 2.75) is 11.4 Å². The van der Waals surface area contributed by atoms with Gasteiger partial charge in [0.15, 0.2) is 0 Å². The maximum Gasteiger partial charge on any atom is 0.255 e. The standard InChI is InChI=1S/C16H17BrN2OS/c1-19(10-11-3-6-13(21-2)7-4-11)16(20)14-8-5-12(17)9-15(14)18/h3-9H,10,18H2,1-2H3. The van der Waals surface area contributed by atoms with Crippen molar-refractivity contribution in [3.8, 4) is 0 Å². The van der Waals surface area contributed by atoms with Gasteiger partial charge in [0, 0.05) is 28.6 Å². The number of nitrogen functional groups attached to an aromatic ring is 1. The lowest BCUT2D eigenvalue weighted by molar-refractivity contribution is 0.0786. The van der Waals surface area contributed by atoms with Gasteiger partial charge in [-0.2, -0.15) is 0 Å². The molecule has 2 aromatic rings. The molecule has 2 aromatic carbocycles. The molecule has 0 spiro atoms. The van der Waals surface area contributed by atoms with Gasteiger partial charge in [0.1, 0.15) is 0 Å². The lowest BCUT2D eigenvalue weighted by atomic mass is 10.1. The van der Waals surface area contributed by atoms with E-state index in [2.05, 4.69) is 28.1 Å². The fraction of sp³-hybridized carbons (Fsp3) is 0.188. The van der Waals surface area contributed by atoms with Crippen LogP contribution in [0.15, 0.2) is 51.8 Å². The summed E-state index contributed by atoms with van der Waals surface area (Å²) >= 11 is 5.04. The van der Waals surface area contributed by atoms with Crippen molar-refractivity contribution in [2.24, 2.45) is 0 Å². The van der Waals surface area contributed by atoms with Crippen LogP contribution >= 0.6 is 27.7 Å². The van der Waals surface area contributed by atoms with Crippen LogP contribution in [-0.4, -0.2) is 24.1 Å². The lowest BCUT2D eigenvalue weighted by Crippen LogP contribution is -2.26. The second kappa shape index (κ2) is 7.00. The van der Waals surface area contributed by atoms with Crippen LogP contribution in [0.4, 0.5) is 5.69 Å². The first kappa shape index (κ1) is 15.9. The minimum atomic E-state index is -0.0751. The summed E-state index contributed by atoms with van der Waals surface area (Å²) in [4.78, 5) is 15.3. The van der Waals surface area contributed by atoms with Gasteiger partial charge in [0.2, 0.25) is 0 Å². The van der Waals surface area contributed by atoms with Crippen LogP contribution in [0.5, 0.6) is 0 Å². The fourth-order valence-electron chi connectivity index (χ4n) is 2.01. The number of nitrogens with zero attached hydrogens (tertiary/aromatic N) is 1. The quantitative estimate of drug-likeness (QED) is 0.658. The molecule has 21 heavy (non-hydrogen) atoms. The zero-order chi connectivity index (χ0) is 15.4. The van der Waals surface area contributed by atoms with E-state index in [1.54, 1.807) is 35.8 Å². The number of amides is 1. The first-order valence-corrected chi connectivity index (χ1v) is 8.46. The summed E-state index contributed by atoms with van der Waals surface area (Å²) in [6.07, 6.45) is 2.04. The van der Waals surface area contributed by atoms with Gasteiger partial charge in [-0.05, 0) is 42.2 Å². The topological polar surface area (TPSA) is 46.3 Å². The van der Waals surface area contributed by atoms with Crippen LogP contribution in [0, 0.1) is 0 Å². The van der Waals surface area contributed by atoms with Gasteiger partial charge in [-0.1, -0.05) is 28.1 Å². The molecule has 110 valence electrons. The predicted molar refractivity (Wildman–Crippen MR) is 92.6 cm³/mol. The number of benzene rings is 2. The highest BCUT2D eigenvalue weighted by Crippen LogP contribution is 2.21. The van der Waals surface area contributed by atoms with E-state index < -0.39 is 0 Å². The molecule has 0 aliphatic rings. The molecule has 0 radical (unpaired) electrons. The van der Waals surface area contributed by atoms with Crippen LogP contribution in [0.25, 0.3) is 0 Å². The van der Waals surface area contributed by atoms with Crippen molar-refractivity contribution in [3.05, 3.63) is 58.1 Å². The lowest BCUT2D eigenvalue weighted by Gasteiger charge is -2.18. The van der Waals surface area contributed by atoms with E-state index in [0.29, 0.717) is 17.8 Å². The van der Waals surface area contributed by atoms with E-state index in [0.717, 1.165) is 10.0 Å². The molecule has 0 atom stereocenters. The summed E-state index contributed by atoms with van der Waals surface area (Å²) in [6, 6.07) is 13.5. The first-order chi connectivity index (χ1) is 10.0. The summed E-state index contributed by atoms with van der Waals surface area (Å²) in [7, 11) is 1.78. The maximum absolute atomic E-state index is 12.4. The van der Waals surface area contributed by atoms with E-state index in [1.165, 1.54) is 4.90 Å². The normalized spacial score (nSPS) is 10.4. The van der Waals surface area contributed by atoms with E-state index in [1.807, 2.05) is 24.5 Å². The minimum Gasteiger partial charge on any atom is -0.398 e. The van der Waals surface area contributed by atoms with Crippen LogP contribution in [0.1, 0.15) is 15.9 Å². The van der Waals surface area contributed by atoms with Crippen molar-refractivity contribution in [2.75, 3.05) is 19.0 Å². The van der Waals surface area contributed by atoms with Gasteiger partial charge in [-0.25, -0.2) is 0 Å². The third kappa shape index (κ3) is 4.02. The monoisotopic (exact) mass is 364 g/mol. The molecule has 2 rings (SSSR count). The van der Waals surface area contributed by atoms with Gasteiger partial charge in [0.05, 0.1) is 5.56 Å². The molecule has 0 aliphatic heterocycles. The van der Waals surface area contributed by atoms with Crippen molar-refractivity contribution < 1.29 is 4.79 Å². The van der Waals surface area contributed by atoms with E-state index in [9.17, 15) is 4.79 Å². The second-order valence-electron chi connectivity index (χ2n) is 4.74. The Morgan fingerprint density at radius 1 is 1.24 bits per heavy atom. The molecule has 0 bridgehead atoms. The Hall–Kier alpha value is -1.46. The van der Waals surface area contributed by atoms with Gasteiger partial charge < -0.3 is 10.6 Å². The number of rotatable bonds is 4. The zero-order valence-corrected chi connectivity index (χ0v) is 14.4. The third-order valence-corrected chi connectivity index (χ3v) is 4.41. The van der Waals surface area contributed by atoms with Crippen molar-refractivity contribution in [1.82, 2.24) is 4.90 Å². The highest BCUT2D eigenvalue weighted by molar-refractivity contribution is 9.10. The largest absolute Gasteiger partial charge is 0.398 e. The molecule has 0 aromatic heterocycles. The molecule has 2 N–H and O–H groups in total. The Balaban J connectivity index is 2.11. The number of thioether (sulfide) groups is 1. The maximum atomic E-state index is 12.4. The Bertz CT molecular complexity index is 643. The van der Waals surface area contributed by atoms with Crippen LogP contribution in [0.3, 0.4) is 0 Å². The molecule has 1 amide bonds. The number of nitrogens with two attached hydrogens (primary N) is 1. The second-order valence-corrected chi connectivity index (χ2v) is 6.54. The van der Waals surface area contributed by atoms with Crippen molar-refractivity contribution in [3.63, 3.8) is 0 Å². The molecule has 0 unspecified atom stereocenters. The smallest absolute Gasteiger partial charge is 0.255 e. The number of hydrogen-bond acceptors (Lipinski definition) is 3. The molecule has 0 fully saturated rings. The van der Waals surface area contributed by atoms with E-state index in [4.69, 9.17) is 5.73 Å². The first-order valence-electron chi connectivity index (χ1n) is 6.44. The molecule has 0 saturated carbocycles. The Kier molecular flexibility index (Phi) is 5.31. The average molecular weight is 365 g/mol. The highest BCUT2D eigenvalue weighted by Gasteiger charge is 2.15. The summed E-state index contributed by atoms with van der Waals surface area (Å²) in [5.74, 6) is -0.0751. The van der Waals surface area contributed by atoms with Crippen LogP contribution < -0.4 is 5.73 Å². The summed E-state index contributed by atoms with van der Waals surface area (Å²) in [5, 5.41) is 0. The molecular weight excluding hydrogens is 348 g/mol. The fourth-order valence-corrected chi connectivity index (χ4v) is 2.80. The Morgan fingerprint density at radius 2 is 1.90 bits per heavy atom. The summed E-state index contributed by atoms with van der Waals surface area (Å²) in [5.41, 5.74) is 8.02. The van der Waals surface area contributed by atoms with Gasteiger partial charge in [-0.3, -0.25) is 4.79 Å². The summed E-state index contributed by atoms with van der Waals surface area (Å²) in [6.45, 7) is 0.559. The highest BCUT2D eigenvalue weighted by atomic mass is 79.9. The van der Waals surface area contributed by atoms with Gasteiger partial charge in [-0.15, -0.1) is 11.8 Å². The molecule has 0 saturated heterocycles. The Labute approximate surface area is 137 Å². The van der Waals surface area contributed by atoms with Crippen molar-refractivity contribution >= 4 is 39.3 Å². The molecular formula is C16H17BrN2OS. The van der Waals surface area contributed by atoms with Gasteiger partial charge in [0.25, 0.3) is 5.91 Å². The van der Waals surface area contributed by atoms with E-state index >= 15 is 0 Å². The number of halogens is 1. The molecule has 0 aliphatic carbocycles. The average Bonchev–Trinajstić information content (AvgIpc) is 2.47. The Morgan fingerprint density at radius 3 is 2.48 bits per heavy atom. The predicted octanol–water partition coefficient (Wildman–Crippen LogP) is 4.03. The molecule has 5 heteroatoms. The number of anilines is 1. The minimum absolute atomic E-state index is 0.0751. The SMILES string of the molecule is CSc1ccc(CN(C)C(=O)c2ccc(Br)cc2N)cc1. The van der Waals surface area contributed by atoms with Crippen molar-refractivity contribution in [1.29, 1.82) is 0 Å². The third-order valence-electron chi connectivity index (χ3n) is 3.17. The zero-order valence-electron chi connectivity index (χ0n) is 12.0. The van der Waals surface area contributed by atoms with Crippen LogP contribution in [0.2, 0.25) is 0 Å². The van der Waals surface area contributed by atoms with E-state index in [-0.39, 0.29) is 5.91 Å². The molecule has 0 heterocycles. The molecule has 3 nitrogen and oxygen atoms in total.